The van der Waals surface area contributed by atoms with Gasteiger partial charge >= 0.3 is 0 Å². The SMILES string of the molecule is C1=COCN=CC=N1. The van der Waals surface area contributed by atoms with E-state index < -0.39 is 0 Å². The van der Waals surface area contributed by atoms with Gasteiger partial charge in [0.1, 0.15) is 6.26 Å². The molecular formula is C5H6N2O. The molecule has 0 radical (unpaired) electrons. The van der Waals surface area contributed by atoms with E-state index in [0.29, 0.717) is 6.73 Å². The monoisotopic (exact) mass is 110 g/mol. The maximum atomic E-state index is 4.78. The van der Waals surface area contributed by atoms with E-state index in [0.717, 1.165) is 0 Å². The van der Waals surface area contributed by atoms with Crippen LogP contribution in [-0.2, 0) is 4.74 Å². The highest BCUT2D eigenvalue weighted by molar-refractivity contribution is 6.16. The fourth-order valence-electron chi connectivity index (χ4n) is 0.343. The smallest absolute Gasteiger partial charge is 0.178 e. The predicted octanol–water partition coefficient (Wildman–Crippen LogP) is 0.587. The maximum Gasteiger partial charge on any atom is 0.178 e. The van der Waals surface area contributed by atoms with Crippen LogP contribution < -0.4 is 0 Å². The van der Waals surface area contributed by atoms with Gasteiger partial charge in [-0.05, 0) is 0 Å². The summed E-state index contributed by atoms with van der Waals surface area (Å²) in [7, 11) is 0. The molecule has 42 valence electrons. The van der Waals surface area contributed by atoms with Crippen molar-refractivity contribution in [2.75, 3.05) is 6.73 Å². The third kappa shape index (κ3) is 1.55. The lowest BCUT2D eigenvalue weighted by molar-refractivity contribution is 0.261. The minimum atomic E-state index is 0.391. The molecule has 0 atom stereocenters. The maximum absolute atomic E-state index is 4.78. The largest absolute Gasteiger partial charge is 0.477 e. The van der Waals surface area contributed by atoms with Crippen LogP contribution in [-0.4, -0.2) is 19.2 Å². The molecule has 0 aromatic heterocycles. The van der Waals surface area contributed by atoms with E-state index in [-0.39, 0.29) is 0 Å². The normalized spacial score (nSPS) is 17.0. The molecule has 0 spiro atoms. The van der Waals surface area contributed by atoms with Crippen LogP contribution in [0.5, 0.6) is 0 Å². The van der Waals surface area contributed by atoms with E-state index >= 15 is 0 Å². The van der Waals surface area contributed by atoms with Crippen molar-refractivity contribution in [3.05, 3.63) is 12.5 Å². The molecule has 1 aliphatic rings. The molecule has 0 aromatic carbocycles. The minimum Gasteiger partial charge on any atom is -0.477 e. The minimum absolute atomic E-state index is 0.391. The molecule has 8 heavy (non-hydrogen) atoms. The summed E-state index contributed by atoms with van der Waals surface area (Å²) in [5.41, 5.74) is 0. The van der Waals surface area contributed by atoms with Crippen molar-refractivity contribution >= 4 is 12.4 Å². The Labute approximate surface area is 47.4 Å². The Bertz CT molecular complexity index is 121. The van der Waals surface area contributed by atoms with Gasteiger partial charge in [-0.15, -0.1) is 0 Å². The highest BCUT2D eigenvalue weighted by Gasteiger charge is 1.74. The van der Waals surface area contributed by atoms with Crippen LogP contribution in [0.25, 0.3) is 0 Å². The Hall–Kier alpha value is -1.12. The van der Waals surface area contributed by atoms with Crippen LogP contribution in [0.1, 0.15) is 0 Å². The molecule has 0 saturated heterocycles. The molecule has 3 nitrogen and oxygen atoms in total. The number of rotatable bonds is 0. The lowest BCUT2D eigenvalue weighted by atomic mass is 10.8. The fraction of sp³-hybridized carbons (Fsp3) is 0.200. The third-order valence-electron chi connectivity index (χ3n) is 0.650. The quantitative estimate of drug-likeness (QED) is 0.449. The molecule has 1 rings (SSSR count). The molecule has 1 heterocycles. The zero-order valence-corrected chi connectivity index (χ0v) is 4.32. The Morgan fingerprint density at radius 2 is 2.38 bits per heavy atom. The van der Waals surface area contributed by atoms with Crippen LogP contribution in [0.15, 0.2) is 22.4 Å². The molecule has 0 bridgehead atoms. The van der Waals surface area contributed by atoms with Crippen LogP contribution in [0.2, 0.25) is 0 Å². The van der Waals surface area contributed by atoms with E-state index in [1.165, 1.54) is 6.26 Å². The van der Waals surface area contributed by atoms with Crippen LogP contribution in [0.3, 0.4) is 0 Å². The summed E-state index contributed by atoms with van der Waals surface area (Å²) in [5.74, 6) is 0. The molecule has 0 aliphatic carbocycles. The highest BCUT2D eigenvalue weighted by Crippen LogP contribution is 1.81. The van der Waals surface area contributed by atoms with Gasteiger partial charge in [0.05, 0.1) is 6.20 Å². The molecule has 0 unspecified atom stereocenters. The average Bonchev–Trinajstić information content (AvgIpc) is 1.62. The predicted molar refractivity (Wildman–Crippen MR) is 32.1 cm³/mol. The first-order valence-electron chi connectivity index (χ1n) is 2.28. The van der Waals surface area contributed by atoms with Gasteiger partial charge in [0.25, 0.3) is 0 Å². The first-order chi connectivity index (χ1) is 4.00. The Morgan fingerprint density at radius 1 is 1.38 bits per heavy atom. The van der Waals surface area contributed by atoms with Gasteiger partial charge in [0.2, 0.25) is 0 Å². The Morgan fingerprint density at radius 3 is 3.38 bits per heavy atom. The molecule has 3 heteroatoms. The van der Waals surface area contributed by atoms with Crippen molar-refractivity contribution in [2.45, 2.75) is 0 Å². The van der Waals surface area contributed by atoms with Gasteiger partial charge in [-0.2, -0.15) is 0 Å². The summed E-state index contributed by atoms with van der Waals surface area (Å²) in [6, 6.07) is 0. The molecule has 0 saturated carbocycles. The van der Waals surface area contributed by atoms with E-state index in [9.17, 15) is 0 Å². The zero-order valence-electron chi connectivity index (χ0n) is 4.32. The van der Waals surface area contributed by atoms with E-state index in [1.807, 2.05) is 0 Å². The third-order valence-corrected chi connectivity index (χ3v) is 0.650. The van der Waals surface area contributed by atoms with Gasteiger partial charge in [-0.25, -0.2) is 0 Å². The summed E-state index contributed by atoms with van der Waals surface area (Å²) in [6.07, 6.45) is 6.29. The van der Waals surface area contributed by atoms with Gasteiger partial charge in [-0.1, -0.05) is 0 Å². The van der Waals surface area contributed by atoms with Crippen LogP contribution >= 0.6 is 0 Å². The first kappa shape index (κ1) is 5.03. The fourth-order valence-corrected chi connectivity index (χ4v) is 0.343. The van der Waals surface area contributed by atoms with Crippen molar-refractivity contribution in [3.8, 4) is 0 Å². The summed E-state index contributed by atoms with van der Waals surface area (Å²) < 4.78 is 4.78. The Balaban J connectivity index is 2.51. The number of nitrogens with zero attached hydrogens (tertiary/aromatic N) is 2. The van der Waals surface area contributed by atoms with E-state index in [1.54, 1.807) is 18.6 Å². The number of hydrogen-bond donors (Lipinski definition) is 0. The zero-order chi connectivity index (χ0) is 5.66. The van der Waals surface area contributed by atoms with Gasteiger partial charge in [0.15, 0.2) is 6.73 Å². The van der Waals surface area contributed by atoms with Gasteiger partial charge in [-0.3, -0.25) is 9.98 Å². The van der Waals surface area contributed by atoms with Crippen molar-refractivity contribution in [1.29, 1.82) is 0 Å². The molecular weight excluding hydrogens is 104 g/mol. The average molecular weight is 110 g/mol. The van der Waals surface area contributed by atoms with E-state index in [4.69, 9.17) is 4.74 Å². The molecule has 0 amide bonds. The van der Waals surface area contributed by atoms with Crippen molar-refractivity contribution < 1.29 is 4.74 Å². The second kappa shape index (κ2) is 2.96. The summed E-state index contributed by atoms with van der Waals surface area (Å²) >= 11 is 0. The summed E-state index contributed by atoms with van der Waals surface area (Å²) in [6.45, 7) is 0.391. The van der Waals surface area contributed by atoms with Crippen LogP contribution in [0, 0.1) is 0 Å². The number of aliphatic imine (C=N–C) groups is 2. The summed E-state index contributed by atoms with van der Waals surface area (Å²) in [5, 5.41) is 0. The topological polar surface area (TPSA) is 34.0 Å². The van der Waals surface area contributed by atoms with Gasteiger partial charge in [0, 0.05) is 12.4 Å². The van der Waals surface area contributed by atoms with E-state index in [2.05, 4.69) is 9.98 Å². The first-order valence-corrected chi connectivity index (χ1v) is 2.28. The molecule has 0 N–H and O–H groups in total. The second-order valence-electron chi connectivity index (χ2n) is 1.21. The number of ether oxygens (including phenoxy) is 1. The van der Waals surface area contributed by atoms with Crippen molar-refractivity contribution in [3.63, 3.8) is 0 Å². The highest BCUT2D eigenvalue weighted by atomic mass is 16.5. The van der Waals surface area contributed by atoms with Gasteiger partial charge < -0.3 is 4.74 Å². The standard InChI is InChI=1S/C5H6N2O/c1-2-7-5-8-4-3-6-1/h1-4H,5H2. The molecule has 0 aromatic rings. The number of hydrogen-bond acceptors (Lipinski definition) is 3. The molecule has 1 aliphatic heterocycles. The lowest BCUT2D eigenvalue weighted by Crippen LogP contribution is -1.86. The van der Waals surface area contributed by atoms with Crippen molar-refractivity contribution in [2.24, 2.45) is 9.98 Å². The lowest BCUT2D eigenvalue weighted by Gasteiger charge is -1.92. The van der Waals surface area contributed by atoms with Crippen molar-refractivity contribution in [1.82, 2.24) is 0 Å². The Kier molecular flexibility index (Phi) is 1.86. The summed E-state index contributed by atoms with van der Waals surface area (Å²) in [4.78, 5) is 7.53. The van der Waals surface area contributed by atoms with Crippen LogP contribution in [0.4, 0.5) is 0 Å². The second-order valence-corrected chi connectivity index (χ2v) is 1.21. The molecule has 0 fully saturated rings.